The molecule has 0 aromatic carbocycles. The van der Waals surface area contributed by atoms with Gasteiger partial charge in [0.05, 0.1) is 5.41 Å². The lowest BCUT2D eigenvalue weighted by molar-refractivity contribution is -0.138. The smallest absolute Gasteiger partial charge is 0.322 e. The molecule has 0 atom stereocenters. The van der Waals surface area contributed by atoms with Crippen LogP contribution in [0.25, 0.3) is 0 Å². The first-order chi connectivity index (χ1) is 13.2. The first-order valence-corrected chi connectivity index (χ1v) is 8.61. The molecule has 7 heteroatoms. The standard InChI is InChI=1S/C21H22N2O5/c1-4-6-14-15(9-8-13-7-5-10-22-11-13)21(2,3)19(27)17(18(14)26)20(28)23-12-16(24)25/h4-7,9-11,26H,1,8,12H2,2-3H3,(H,23,28)(H,24,25)/b14-6+,15-9+. The highest BCUT2D eigenvalue weighted by molar-refractivity contribution is 6.24. The molecule has 0 aliphatic heterocycles. The van der Waals surface area contributed by atoms with Crippen LogP contribution in [0.3, 0.4) is 0 Å². The van der Waals surface area contributed by atoms with Crippen LogP contribution < -0.4 is 5.32 Å². The van der Waals surface area contributed by atoms with E-state index in [4.69, 9.17) is 5.11 Å². The van der Waals surface area contributed by atoms with E-state index in [0.29, 0.717) is 17.6 Å². The lowest BCUT2D eigenvalue weighted by atomic mass is 9.68. The Balaban J connectivity index is 2.53. The summed E-state index contributed by atoms with van der Waals surface area (Å²) in [7, 11) is 0. The largest absolute Gasteiger partial charge is 0.506 e. The van der Waals surface area contributed by atoms with Crippen molar-refractivity contribution in [3.8, 4) is 0 Å². The number of ketones is 1. The normalized spacial score (nSPS) is 19.0. The highest BCUT2D eigenvalue weighted by Gasteiger charge is 2.45. The second-order valence-electron chi connectivity index (χ2n) is 6.75. The second kappa shape index (κ2) is 8.47. The zero-order valence-electron chi connectivity index (χ0n) is 15.7. The number of carboxylic acid groups (broad SMARTS) is 1. The van der Waals surface area contributed by atoms with Crippen molar-refractivity contribution in [2.24, 2.45) is 5.41 Å². The van der Waals surface area contributed by atoms with Gasteiger partial charge in [0.2, 0.25) is 0 Å². The van der Waals surface area contributed by atoms with Crippen molar-refractivity contribution in [1.29, 1.82) is 0 Å². The quantitative estimate of drug-likeness (QED) is 0.650. The van der Waals surface area contributed by atoms with Gasteiger partial charge in [-0.05, 0) is 37.5 Å². The predicted octanol–water partition coefficient (Wildman–Crippen LogP) is 2.28. The summed E-state index contributed by atoms with van der Waals surface area (Å²) in [6, 6.07) is 3.69. The molecule has 1 aromatic heterocycles. The molecule has 0 fully saturated rings. The number of pyridine rings is 1. The molecule has 0 radical (unpaired) electrons. The van der Waals surface area contributed by atoms with Crippen LogP contribution in [0.15, 0.2) is 71.8 Å². The Morgan fingerprint density at radius 2 is 2.07 bits per heavy atom. The molecule has 1 heterocycles. The zero-order valence-corrected chi connectivity index (χ0v) is 15.7. The minimum atomic E-state index is -1.25. The van der Waals surface area contributed by atoms with Crippen LogP contribution in [0.1, 0.15) is 19.4 Å². The Hall–Kier alpha value is -3.48. The molecule has 0 unspecified atom stereocenters. The van der Waals surface area contributed by atoms with Crippen LogP contribution in [0.4, 0.5) is 0 Å². The molecule has 0 saturated carbocycles. The van der Waals surface area contributed by atoms with Crippen LogP contribution in [0.2, 0.25) is 0 Å². The van der Waals surface area contributed by atoms with Crippen molar-refractivity contribution in [3.05, 3.63) is 77.4 Å². The van der Waals surface area contributed by atoms with Gasteiger partial charge in [0.1, 0.15) is 17.9 Å². The monoisotopic (exact) mass is 382 g/mol. The molecule has 3 N–H and O–H groups in total. The lowest BCUT2D eigenvalue weighted by Gasteiger charge is -2.34. The number of nitrogens with one attached hydrogen (secondary N) is 1. The summed E-state index contributed by atoms with van der Waals surface area (Å²) in [5.41, 5.74) is 0.194. The first-order valence-electron chi connectivity index (χ1n) is 8.61. The number of carboxylic acids is 1. The number of aliphatic hydroxyl groups is 1. The zero-order chi connectivity index (χ0) is 20.9. The number of allylic oxidation sites excluding steroid dienone is 4. The van der Waals surface area contributed by atoms with E-state index in [1.165, 1.54) is 12.2 Å². The van der Waals surface area contributed by atoms with Gasteiger partial charge >= 0.3 is 5.97 Å². The number of hydrogen-bond donors (Lipinski definition) is 3. The highest BCUT2D eigenvalue weighted by Crippen LogP contribution is 2.43. The molecule has 146 valence electrons. The average Bonchev–Trinajstić information content (AvgIpc) is 2.65. The summed E-state index contributed by atoms with van der Waals surface area (Å²) in [5, 5.41) is 21.5. The summed E-state index contributed by atoms with van der Waals surface area (Å²) in [6.07, 6.45) is 8.61. The van der Waals surface area contributed by atoms with E-state index in [0.717, 1.165) is 5.56 Å². The second-order valence-corrected chi connectivity index (χ2v) is 6.75. The van der Waals surface area contributed by atoms with E-state index >= 15 is 0 Å². The molecule has 2 rings (SSSR count). The summed E-state index contributed by atoms with van der Waals surface area (Å²) < 4.78 is 0. The molecule has 0 bridgehead atoms. The lowest BCUT2D eigenvalue weighted by Crippen LogP contribution is -2.42. The maximum atomic E-state index is 13.0. The number of hydrogen-bond acceptors (Lipinski definition) is 5. The third kappa shape index (κ3) is 4.25. The number of carbonyl (C=O) groups excluding carboxylic acids is 2. The summed E-state index contributed by atoms with van der Waals surface area (Å²) in [6.45, 7) is 6.27. The Morgan fingerprint density at radius 1 is 1.36 bits per heavy atom. The fourth-order valence-electron chi connectivity index (χ4n) is 2.99. The van der Waals surface area contributed by atoms with E-state index in [-0.39, 0.29) is 0 Å². The van der Waals surface area contributed by atoms with Crippen molar-refractivity contribution in [2.45, 2.75) is 20.3 Å². The Bertz CT molecular complexity index is 908. The Labute approximate surface area is 162 Å². The van der Waals surface area contributed by atoms with E-state index in [1.807, 2.05) is 12.1 Å². The fraction of sp³-hybridized carbons (Fsp3) is 0.238. The Morgan fingerprint density at radius 3 is 2.64 bits per heavy atom. The van der Waals surface area contributed by atoms with Crippen molar-refractivity contribution in [1.82, 2.24) is 10.3 Å². The number of aliphatic carboxylic acids is 1. The summed E-state index contributed by atoms with van der Waals surface area (Å²) in [4.78, 5) is 40.1. The number of amides is 1. The minimum absolute atomic E-state index is 0.295. The number of aromatic nitrogens is 1. The summed E-state index contributed by atoms with van der Waals surface area (Å²) >= 11 is 0. The molecule has 7 nitrogen and oxygen atoms in total. The predicted molar refractivity (Wildman–Crippen MR) is 103 cm³/mol. The van der Waals surface area contributed by atoms with Crippen LogP contribution in [0.5, 0.6) is 0 Å². The number of rotatable bonds is 6. The third-order valence-corrected chi connectivity index (χ3v) is 4.43. The summed E-state index contributed by atoms with van der Waals surface area (Å²) in [5.74, 6) is -3.27. The van der Waals surface area contributed by atoms with Gasteiger partial charge in [-0.15, -0.1) is 0 Å². The molecule has 1 aliphatic carbocycles. The average molecular weight is 382 g/mol. The molecule has 0 spiro atoms. The minimum Gasteiger partial charge on any atom is -0.506 e. The van der Waals surface area contributed by atoms with E-state index in [2.05, 4.69) is 16.9 Å². The van der Waals surface area contributed by atoms with E-state index in [1.54, 1.807) is 32.3 Å². The van der Waals surface area contributed by atoms with Gasteiger partial charge in [-0.3, -0.25) is 19.4 Å². The van der Waals surface area contributed by atoms with Gasteiger partial charge in [0, 0.05) is 18.0 Å². The first kappa shape index (κ1) is 20.8. The van der Waals surface area contributed by atoms with Gasteiger partial charge in [0.15, 0.2) is 5.78 Å². The maximum Gasteiger partial charge on any atom is 0.322 e. The molecule has 1 aliphatic rings. The van der Waals surface area contributed by atoms with Crippen LogP contribution in [-0.4, -0.2) is 39.4 Å². The van der Waals surface area contributed by atoms with E-state index in [9.17, 15) is 19.5 Å². The molecule has 1 amide bonds. The fourth-order valence-corrected chi connectivity index (χ4v) is 2.99. The SMILES string of the molecule is C=C/C=C1/C(O)=C(C(=O)NCC(=O)O)C(=O)C(C)(C)/C1=C/Cc1cccnc1. The van der Waals surface area contributed by atoms with Crippen molar-refractivity contribution in [3.63, 3.8) is 0 Å². The van der Waals surface area contributed by atoms with Crippen LogP contribution in [0, 0.1) is 5.41 Å². The molecule has 28 heavy (non-hydrogen) atoms. The van der Waals surface area contributed by atoms with Gasteiger partial charge in [0.25, 0.3) is 5.91 Å². The van der Waals surface area contributed by atoms with Crippen molar-refractivity contribution < 1.29 is 24.6 Å². The van der Waals surface area contributed by atoms with Crippen molar-refractivity contribution >= 4 is 17.7 Å². The Kier molecular flexibility index (Phi) is 6.30. The van der Waals surface area contributed by atoms with Gasteiger partial charge < -0.3 is 15.5 Å². The van der Waals surface area contributed by atoms with Crippen LogP contribution in [-0.2, 0) is 20.8 Å². The molecule has 0 saturated heterocycles. The number of aliphatic hydroxyl groups excluding tert-OH is 1. The molecular weight excluding hydrogens is 360 g/mol. The van der Waals surface area contributed by atoms with Gasteiger partial charge in [-0.25, -0.2) is 0 Å². The molecule has 1 aromatic rings. The number of nitrogens with zero attached hydrogens (tertiary/aromatic N) is 1. The molecular formula is C21H22N2O5. The van der Waals surface area contributed by atoms with Gasteiger partial charge in [-0.2, -0.15) is 0 Å². The van der Waals surface area contributed by atoms with Gasteiger partial charge in [-0.1, -0.05) is 30.9 Å². The third-order valence-electron chi connectivity index (χ3n) is 4.43. The van der Waals surface area contributed by atoms with Crippen LogP contribution >= 0.6 is 0 Å². The number of Topliss-reactive ketones (excluding diaryl/α,β-unsaturated/α-hetero) is 1. The van der Waals surface area contributed by atoms with E-state index < -0.39 is 41.0 Å². The maximum absolute atomic E-state index is 13.0. The highest BCUT2D eigenvalue weighted by atomic mass is 16.4. The van der Waals surface area contributed by atoms with Crippen molar-refractivity contribution in [2.75, 3.05) is 6.54 Å². The topological polar surface area (TPSA) is 117 Å². The number of carbonyl (C=O) groups is 3.